The van der Waals surface area contributed by atoms with Gasteiger partial charge in [0.15, 0.2) is 23.1 Å². The largest absolute Gasteiger partial charge is 0.387 e. The van der Waals surface area contributed by atoms with Crippen molar-refractivity contribution in [2.24, 2.45) is 0 Å². The second-order valence-corrected chi connectivity index (χ2v) is 8.10. The van der Waals surface area contributed by atoms with Gasteiger partial charge in [-0.2, -0.15) is 0 Å². The average molecular weight is 463 g/mol. The number of hydrogen-bond donors (Lipinski definition) is 6. The summed E-state index contributed by atoms with van der Waals surface area (Å²) in [5, 5.41) is 63.5. The first kappa shape index (κ1) is 30.4. The van der Waals surface area contributed by atoms with E-state index in [9.17, 15) is 49.8 Å². The minimum Gasteiger partial charge on any atom is -0.387 e. The minimum absolute atomic E-state index is 0.214. The lowest BCUT2D eigenvalue weighted by molar-refractivity contribution is -0.202. The zero-order valence-corrected chi connectivity index (χ0v) is 19.3. The quantitative estimate of drug-likeness (QED) is 0.152. The monoisotopic (exact) mass is 462 g/mol. The molecule has 10 nitrogen and oxygen atoms in total. The molecule has 0 bridgehead atoms. The molecule has 0 spiro atoms. The molecule has 0 aliphatic rings. The number of hydrogen-bond acceptors (Lipinski definition) is 10. The summed E-state index contributed by atoms with van der Waals surface area (Å²) >= 11 is 0. The summed E-state index contributed by atoms with van der Waals surface area (Å²) in [6, 6.07) is 0. The Morgan fingerprint density at radius 2 is 0.719 bits per heavy atom. The van der Waals surface area contributed by atoms with Crippen LogP contribution in [0.4, 0.5) is 0 Å². The molecule has 0 rings (SSSR count). The molecular formula is C22H38O10. The molecule has 186 valence electrons. The van der Waals surface area contributed by atoms with E-state index in [0.29, 0.717) is 0 Å². The van der Waals surface area contributed by atoms with Crippen LogP contribution in [0.1, 0.15) is 79.1 Å². The highest BCUT2D eigenvalue weighted by Crippen LogP contribution is 2.28. The molecule has 0 saturated heterocycles. The second kappa shape index (κ2) is 13.2. The summed E-state index contributed by atoms with van der Waals surface area (Å²) in [5.74, 6) is -4.37. The third-order valence-electron chi connectivity index (χ3n) is 5.46. The molecule has 0 aliphatic heterocycles. The molecule has 0 unspecified atom stereocenters. The van der Waals surface area contributed by atoms with Gasteiger partial charge < -0.3 is 30.6 Å². The lowest BCUT2D eigenvalue weighted by atomic mass is 9.75. The van der Waals surface area contributed by atoms with Crippen LogP contribution in [0.3, 0.4) is 0 Å². The first-order valence-corrected chi connectivity index (χ1v) is 11.1. The van der Waals surface area contributed by atoms with E-state index in [2.05, 4.69) is 0 Å². The summed E-state index contributed by atoms with van der Waals surface area (Å²) < 4.78 is 0. The predicted octanol–water partition coefficient (Wildman–Crippen LogP) is -0.631. The molecule has 0 fully saturated rings. The van der Waals surface area contributed by atoms with Crippen molar-refractivity contribution in [1.82, 2.24) is 0 Å². The highest BCUT2D eigenvalue weighted by Gasteiger charge is 2.57. The Kier molecular flexibility index (Phi) is 12.6. The van der Waals surface area contributed by atoms with E-state index in [4.69, 9.17) is 0 Å². The van der Waals surface area contributed by atoms with Crippen LogP contribution in [0.2, 0.25) is 0 Å². The van der Waals surface area contributed by atoms with Crippen molar-refractivity contribution < 1.29 is 49.8 Å². The second-order valence-electron chi connectivity index (χ2n) is 8.10. The van der Waals surface area contributed by atoms with Crippen LogP contribution in [-0.2, 0) is 19.2 Å². The van der Waals surface area contributed by atoms with Gasteiger partial charge in [0.25, 0.3) is 0 Å². The van der Waals surface area contributed by atoms with E-state index in [1.165, 1.54) is 0 Å². The van der Waals surface area contributed by atoms with Crippen LogP contribution in [0.25, 0.3) is 0 Å². The Labute approximate surface area is 188 Å². The average Bonchev–Trinajstić information content (AvgIpc) is 2.76. The smallest absolute Gasteiger partial charge is 0.209 e. The maximum atomic E-state index is 12.5. The van der Waals surface area contributed by atoms with E-state index in [1.54, 1.807) is 27.7 Å². The highest BCUT2D eigenvalue weighted by molar-refractivity contribution is 6.11. The highest BCUT2D eigenvalue weighted by atomic mass is 16.4. The zero-order valence-electron chi connectivity index (χ0n) is 19.3. The van der Waals surface area contributed by atoms with Gasteiger partial charge in [-0.15, -0.1) is 0 Å². The molecule has 6 N–H and O–H groups in total. The number of carbonyl (C=O) groups excluding carboxylic acids is 4. The maximum Gasteiger partial charge on any atom is 0.209 e. The third-order valence-corrected chi connectivity index (χ3v) is 5.46. The van der Waals surface area contributed by atoms with Gasteiger partial charge in [0.05, 0.1) is 0 Å². The summed E-state index contributed by atoms with van der Waals surface area (Å²) in [6.07, 6.45) is -10.7. The Morgan fingerprint density at radius 3 is 0.875 bits per heavy atom. The Hall–Kier alpha value is -1.56. The molecule has 0 heterocycles. The molecule has 10 heteroatoms. The number of carbonyl (C=O) groups is 4. The molecule has 0 aliphatic carbocycles. The molecule has 0 amide bonds. The fourth-order valence-corrected chi connectivity index (χ4v) is 3.51. The van der Waals surface area contributed by atoms with Gasteiger partial charge in [-0.1, -0.05) is 27.7 Å². The summed E-state index contributed by atoms with van der Waals surface area (Å²) in [4.78, 5) is 49.8. The van der Waals surface area contributed by atoms with Crippen LogP contribution < -0.4 is 0 Å². The van der Waals surface area contributed by atoms with Crippen molar-refractivity contribution >= 4 is 23.1 Å². The first-order chi connectivity index (χ1) is 14.8. The molecule has 4 atom stereocenters. The van der Waals surface area contributed by atoms with Crippen LogP contribution >= 0.6 is 0 Å². The van der Waals surface area contributed by atoms with Crippen molar-refractivity contribution in [2.45, 2.75) is 115 Å². The minimum atomic E-state index is -3.08. The van der Waals surface area contributed by atoms with Crippen LogP contribution in [-0.4, -0.2) is 89.4 Å². The van der Waals surface area contributed by atoms with Gasteiger partial charge in [0, 0.05) is 25.7 Å². The van der Waals surface area contributed by atoms with Gasteiger partial charge in [0.2, 0.25) is 11.2 Å². The number of aliphatic hydroxyl groups is 6. The van der Waals surface area contributed by atoms with Gasteiger partial charge in [0.1, 0.15) is 24.4 Å². The van der Waals surface area contributed by atoms with Gasteiger partial charge in [-0.25, -0.2) is 0 Å². The molecule has 0 aromatic rings. The van der Waals surface area contributed by atoms with E-state index in [-0.39, 0.29) is 51.4 Å². The Morgan fingerprint density at radius 1 is 0.531 bits per heavy atom. The third kappa shape index (κ3) is 6.27. The van der Waals surface area contributed by atoms with E-state index >= 15 is 0 Å². The summed E-state index contributed by atoms with van der Waals surface area (Å²) in [5.41, 5.74) is -6.16. The molecule has 0 aromatic heterocycles. The molecule has 0 radical (unpaired) electrons. The van der Waals surface area contributed by atoms with Gasteiger partial charge >= 0.3 is 0 Å². The topological polar surface area (TPSA) is 190 Å². The van der Waals surface area contributed by atoms with Crippen molar-refractivity contribution in [3.63, 3.8) is 0 Å². The van der Waals surface area contributed by atoms with Crippen LogP contribution in [0, 0.1) is 0 Å². The van der Waals surface area contributed by atoms with Gasteiger partial charge in [-0.3, -0.25) is 19.2 Å². The van der Waals surface area contributed by atoms with Crippen molar-refractivity contribution in [3.05, 3.63) is 0 Å². The lowest BCUT2D eigenvalue weighted by Crippen LogP contribution is -2.67. The van der Waals surface area contributed by atoms with Crippen molar-refractivity contribution in [1.29, 1.82) is 0 Å². The molecule has 32 heavy (non-hydrogen) atoms. The number of rotatable bonds is 17. The predicted molar refractivity (Wildman–Crippen MR) is 114 cm³/mol. The van der Waals surface area contributed by atoms with Crippen molar-refractivity contribution in [2.75, 3.05) is 0 Å². The van der Waals surface area contributed by atoms with Gasteiger partial charge in [-0.05, 0) is 25.7 Å². The van der Waals surface area contributed by atoms with Crippen LogP contribution in [0.5, 0.6) is 0 Å². The van der Waals surface area contributed by atoms with E-state index in [1.807, 2.05) is 0 Å². The zero-order chi connectivity index (χ0) is 25.3. The Balaban J connectivity index is 6.17. The molecular weight excluding hydrogens is 424 g/mol. The molecule has 0 aromatic carbocycles. The fraction of sp³-hybridized carbons (Fsp3) is 0.818. The maximum absolute atomic E-state index is 12.5. The first-order valence-electron chi connectivity index (χ1n) is 11.1. The Bertz CT molecular complexity index is 567. The van der Waals surface area contributed by atoms with E-state index < -0.39 is 58.8 Å². The number of aliphatic hydroxyl groups excluding tert-OH is 4. The SMILES string of the molecule is CCCC(=O)C(O)(C(=O)CCC)[C@H](O)[C@@H](O)[C@H](O)[C@H](O)C(O)(C(=O)CCC)C(=O)CCC. The number of ketones is 4. The van der Waals surface area contributed by atoms with E-state index in [0.717, 1.165) is 0 Å². The lowest BCUT2D eigenvalue weighted by Gasteiger charge is -2.39. The van der Waals surface area contributed by atoms with Crippen LogP contribution in [0.15, 0.2) is 0 Å². The summed E-state index contributed by atoms with van der Waals surface area (Å²) in [6.45, 7) is 6.34. The normalized spacial score (nSPS) is 16.2. The number of Topliss-reactive ketones (excluding diaryl/α,β-unsaturated/α-hetero) is 4. The molecule has 0 saturated carbocycles. The van der Waals surface area contributed by atoms with Crippen molar-refractivity contribution in [3.8, 4) is 0 Å². The fourth-order valence-electron chi connectivity index (χ4n) is 3.51. The summed E-state index contributed by atoms with van der Waals surface area (Å²) in [7, 11) is 0. The standard InChI is InChI=1S/C22H38O10/c1-5-9-13(23)21(31,14(24)10-6-2)19(29)17(27)18(28)20(30)22(32,15(25)11-7-3)16(26)12-8-4/h17-20,27-32H,5-12H2,1-4H3/t17-,18-,19-,20+/m0/s1.